The van der Waals surface area contributed by atoms with Crippen LogP contribution in [-0.4, -0.2) is 10.2 Å². The predicted octanol–water partition coefficient (Wildman–Crippen LogP) is 5.68. The highest BCUT2D eigenvalue weighted by molar-refractivity contribution is 5.69. The first-order valence-electron chi connectivity index (χ1n) is 8.66. The zero-order valence-electron chi connectivity index (χ0n) is 15.0. The highest BCUT2D eigenvalue weighted by Crippen LogP contribution is 2.40. The van der Waals surface area contributed by atoms with Gasteiger partial charge in [0.1, 0.15) is 11.5 Å². The maximum absolute atomic E-state index is 10.0. The van der Waals surface area contributed by atoms with Crippen LogP contribution in [0.25, 0.3) is 5.57 Å². The number of allylic oxidation sites excluding steroid dienone is 2. The van der Waals surface area contributed by atoms with Gasteiger partial charge in [0.15, 0.2) is 0 Å². The molecule has 0 heterocycles. The van der Waals surface area contributed by atoms with Crippen molar-refractivity contribution in [2.45, 2.75) is 52.9 Å². The van der Waals surface area contributed by atoms with E-state index in [1.54, 1.807) is 0 Å². The van der Waals surface area contributed by atoms with Crippen LogP contribution in [0.4, 0.5) is 0 Å². The summed E-state index contributed by atoms with van der Waals surface area (Å²) in [7, 11) is 0. The second-order valence-corrected chi connectivity index (χ2v) is 7.17. The van der Waals surface area contributed by atoms with E-state index in [1.807, 2.05) is 27.7 Å². The number of hydrogen-bond acceptors (Lipinski definition) is 2. The van der Waals surface area contributed by atoms with Crippen LogP contribution in [0.15, 0.2) is 30.3 Å². The summed E-state index contributed by atoms with van der Waals surface area (Å²) >= 11 is 0. The van der Waals surface area contributed by atoms with Crippen LogP contribution in [0.3, 0.4) is 0 Å². The van der Waals surface area contributed by atoms with E-state index in [-0.39, 0.29) is 0 Å². The minimum Gasteiger partial charge on any atom is -0.507 e. The Hall–Kier alpha value is -2.22. The van der Waals surface area contributed by atoms with E-state index in [2.05, 4.69) is 30.3 Å². The van der Waals surface area contributed by atoms with Crippen molar-refractivity contribution in [1.29, 1.82) is 0 Å². The molecular formula is C22H26O2. The standard InChI is InChI=1S/C22H26O2/c1-13-8-19(9-14(2)21(13)23)17-6-5-7-18(12-17)20-10-15(3)22(24)16(4)11-20/h6,8-11,18,23-24H,5,7,12H2,1-4H3. The van der Waals surface area contributed by atoms with Crippen molar-refractivity contribution < 1.29 is 10.2 Å². The third kappa shape index (κ3) is 3.06. The van der Waals surface area contributed by atoms with E-state index >= 15 is 0 Å². The van der Waals surface area contributed by atoms with Crippen LogP contribution >= 0.6 is 0 Å². The van der Waals surface area contributed by atoms with Gasteiger partial charge in [-0.3, -0.25) is 0 Å². The monoisotopic (exact) mass is 322 g/mol. The molecule has 0 bridgehead atoms. The Morgan fingerprint density at radius 2 is 1.29 bits per heavy atom. The largest absolute Gasteiger partial charge is 0.507 e. The van der Waals surface area contributed by atoms with Gasteiger partial charge in [-0.1, -0.05) is 18.2 Å². The third-order valence-electron chi connectivity index (χ3n) is 5.22. The van der Waals surface area contributed by atoms with Crippen molar-refractivity contribution in [3.8, 4) is 11.5 Å². The fourth-order valence-electron chi connectivity index (χ4n) is 3.80. The summed E-state index contributed by atoms with van der Waals surface area (Å²) in [4.78, 5) is 0. The lowest BCUT2D eigenvalue weighted by molar-refractivity contribution is 0.466. The van der Waals surface area contributed by atoms with Crippen molar-refractivity contribution >= 4 is 5.57 Å². The third-order valence-corrected chi connectivity index (χ3v) is 5.22. The molecule has 2 heteroatoms. The maximum atomic E-state index is 10.0. The molecule has 1 aliphatic carbocycles. The predicted molar refractivity (Wildman–Crippen MR) is 99.7 cm³/mol. The van der Waals surface area contributed by atoms with Crippen molar-refractivity contribution in [2.75, 3.05) is 0 Å². The Morgan fingerprint density at radius 3 is 1.83 bits per heavy atom. The van der Waals surface area contributed by atoms with Crippen molar-refractivity contribution in [3.63, 3.8) is 0 Å². The Labute approximate surface area is 144 Å². The minimum absolute atomic E-state index is 0.400. The Balaban J connectivity index is 1.91. The minimum atomic E-state index is 0.400. The number of rotatable bonds is 2. The van der Waals surface area contributed by atoms with Gasteiger partial charge < -0.3 is 10.2 Å². The van der Waals surface area contributed by atoms with Crippen LogP contribution in [0.5, 0.6) is 11.5 Å². The van der Waals surface area contributed by atoms with Gasteiger partial charge in [0.25, 0.3) is 0 Å². The van der Waals surface area contributed by atoms with E-state index < -0.39 is 0 Å². The van der Waals surface area contributed by atoms with Crippen LogP contribution in [0, 0.1) is 27.7 Å². The van der Waals surface area contributed by atoms with E-state index in [4.69, 9.17) is 0 Å². The summed E-state index contributed by atoms with van der Waals surface area (Å²) in [5.74, 6) is 1.30. The summed E-state index contributed by atoms with van der Waals surface area (Å²) in [6.45, 7) is 7.86. The molecule has 126 valence electrons. The number of aromatic hydroxyl groups is 2. The van der Waals surface area contributed by atoms with Gasteiger partial charge in [-0.15, -0.1) is 0 Å². The van der Waals surface area contributed by atoms with Gasteiger partial charge in [-0.25, -0.2) is 0 Å². The molecule has 2 nitrogen and oxygen atoms in total. The Bertz CT molecular complexity index is 769. The van der Waals surface area contributed by atoms with Crippen LogP contribution in [0.2, 0.25) is 0 Å². The normalized spacial score (nSPS) is 17.7. The molecule has 3 rings (SSSR count). The van der Waals surface area contributed by atoms with Crippen molar-refractivity contribution in [3.05, 3.63) is 63.7 Å². The number of hydrogen-bond donors (Lipinski definition) is 2. The molecule has 1 aliphatic rings. The lowest BCUT2D eigenvalue weighted by Gasteiger charge is -2.25. The molecule has 24 heavy (non-hydrogen) atoms. The summed E-state index contributed by atoms with van der Waals surface area (Å²) in [6.07, 6.45) is 5.55. The van der Waals surface area contributed by atoms with E-state index in [1.165, 1.54) is 16.7 Å². The van der Waals surface area contributed by atoms with Crippen molar-refractivity contribution in [2.24, 2.45) is 0 Å². The number of benzene rings is 2. The smallest absolute Gasteiger partial charge is 0.121 e. The molecule has 0 saturated carbocycles. The van der Waals surface area contributed by atoms with Crippen molar-refractivity contribution in [1.82, 2.24) is 0 Å². The lowest BCUT2D eigenvalue weighted by atomic mass is 9.80. The first-order valence-corrected chi connectivity index (χ1v) is 8.66. The fourth-order valence-corrected chi connectivity index (χ4v) is 3.80. The number of aryl methyl sites for hydroxylation is 4. The molecular weight excluding hydrogens is 296 g/mol. The molecule has 0 spiro atoms. The first-order chi connectivity index (χ1) is 11.4. The zero-order chi connectivity index (χ0) is 17.4. The highest BCUT2D eigenvalue weighted by Gasteiger charge is 2.20. The van der Waals surface area contributed by atoms with Crippen LogP contribution in [-0.2, 0) is 0 Å². The van der Waals surface area contributed by atoms with Crippen LogP contribution in [0.1, 0.15) is 58.6 Å². The molecule has 1 atom stereocenters. The summed E-state index contributed by atoms with van der Waals surface area (Å²) in [6, 6.07) is 8.43. The van der Waals surface area contributed by atoms with E-state index in [0.29, 0.717) is 17.4 Å². The molecule has 0 amide bonds. The summed E-state index contributed by atoms with van der Waals surface area (Å²) in [5.41, 5.74) is 7.68. The number of phenols is 2. The SMILES string of the molecule is Cc1cc(C2=CCCC(c3cc(C)c(O)c(C)c3)C2)cc(C)c1O. The first kappa shape index (κ1) is 16.6. The maximum Gasteiger partial charge on any atom is 0.121 e. The van der Waals surface area contributed by atoms with Crippen LogP contribution < -0.4 is 0 Å². The fraction of sp³-hybridized carbons (Fsp3) is 0.364. The van der Waals surface area contributed by atoms with Gasteiger partial charge in [-0.2, -0.15) is 0 Å². The number of phenolic OH excluding ortho intramolecular Hbond substituents is 2. The Kier molecular flexibility index (Phi) is 4.40. The van der Waals surface area contributed by atoms with Gasteiger partial charge in [0, 0.05) is 0 Å². The molecule has 1 unspecified atom stereocenters. The Morgan fingerprint density at radius 1 is 0.792 bits per heavy atom. The molecule has 2 aromatic carbocycles. The molecule has 0 saturated heterocycles. The summed E-state index contributed by atoms with van der Waals surface area (Å²) < 4.78 is 0. The molecule has 0 fully saturated rings. The second kappa shape index (κ2) is 6.35. The average Bonchev–Trinajstić information content (AvgIpc) is 2.56. The molecule has 2 N–H and O–H groups in total. The molecule has 0 radical (unpaired) electrons. The molecule has 0 aliphatic heterocycles. The quantitative estimate of drug-likeness (QED) is 0.746. The highest BCUT2D eigenvalue weighted by atomic mass is 16.3. The lowest BCUT2D eigenvalue weighted by Crippen LogP contribution is -2.06. The molecule has 0 aromatic heterocycles. The van der Waals surface area contributed by atoms with Gasteiger partial charge in [0.05, 0.1) is 0 Å². The molecule has 2 aromatic rings. The zero-order valence-corrected chi connectivity index (χ0v) is 15.0. The summed E-state index contributed by atoms with van der Waals surface area (Å²) in [5, 5.41) is 20.0. The van der Waals surface area contributed by atoms with Gasteiger partial charge in [0.2, 0.25) is 0 Å². The second-order valence-electron chi connectivity index (χ2n) is 7.17. The average molecular weight is 322 g/mol. The van der Waals surface area contributed by atoms with Gasteiger partial charge in [-0.05, 0) is 104 Å². The van der Waals surface area contributed by atoms with E-state index in [9.17, 15) is 10.2 Å². The van der Waals surface area contributed by atoms with E-state index in [0.717, 1.165) is 41.5 Å². The topological polar surface area (TPSA) is 40.5 Å². The van der Waals surface area contributed by atoms with Gasteiger partial charge >= 0.3 is 0 Å².